The predicted molar refractivity (Wildman–Crippen MR) is 110 cm³/mol. The number of sulfonamides is 1. The number of nitrogens with one attached hydrogen (secondary N) is 1. The molecule has 1 aliphatic rings. The first-order valence-electron chi connectivity index (χ1n) is 9.36. The van der Waals surface area contributed by atoms with Gasteiger partial charge in [-0.15, -0.1) is 5.10 Å². The molecule has 0 amide bonds. The molecule has 7 nitrogen and oxygen atoms in total. The van der Waals surface area contributed by atoms with E-state index in [0.717, 1.165) is 11.3 Å². The number of β-amino-alcohol motifs (C(OH)–C–C–N with tert-alkyl or cyclic N) is 1. The van der Waals surface area contributed by atoms with Crippen LogP contribution in [-0.2, 0) is 21.2 Å². The molecule has 2 heterocycles. The first kappa shape index (κ1) is 20.7. The smallest absolute Gasteiger partial charge is 0.216 e. The molecule has 0 saturated carbocycles. The predicted octanol–water partition coefficient (Wildman–Crippen LogP) is 1.75. The Morgan fingerprint density at radius 1 is 1.11 bits per heavy atom. The SMILES string of the molecule is Cc1ccc(N2C[C@@H](O)[C@H](NS(=O)(=O)Cc3ccc(C(C)(C)C)cc3)C2)nn1. The molecule has 0 aliphatic carbocycles. The van der Waals surface area contributed by atoms with E-state index < -0.39 is 22.2 Å². The van der Waals surface area contributed by atoms with Crippen molar-refractivity contribution in [3.63, 3.8) is 0 Å². The van der Waals surface area contributed by atoms with E-state index in [0.29, 0.717) is 24.5 Å². The van der Waals surface area contributed by atoms with Crippen LogP contribution in [-0.4, -0.2) is 49.0 Å². The van der Waals surface area contributed by atoms with E-state index >= 15 is 0 Å². The molecule has 2 aromatic rings. The summed E-state index contributed by atoms with van der Waals surface area (Å²) in [5, 5.41) is 18.4. The van der Waals surface area contributed by atoms with Crippen LogP contribution in [0.3, 0.4) is 0 Å². The normalized spacial score (nSPS) is 20.5. The van der Waals surface area contributed by atoms with Crippen molar-refractivity contribution in [2.24, 2.45) is 0 Å². The maximum Gasteiger partial charge on any atom is 0.216 e. The summed E-state index contributed by atoms with van der Waals surface area (Å²) in [4.78, 5) is 1.84. The van der Waals surface area contributed by atoms with Crippen LogP contribution in [0.4, 0.5) is 5.82 Å². The highest BCUT2D eigenvalue weighted by atomic mass is 32.2. The third-order valence-electron chi connectivity index (χ3n) is 4.90. The molecule has 0 spiro atoms. The minimum atomic E-state index is -3.58. The summed E-state index contributed by atoms with van der Waals surface area (Å²) in [6, 6.07) is 10.7. The van der Waals surface area contributed by atoms with Crippen LogP contribution in [0.2, 0.25) is 0 Å². The van der Waals surface area contributed by atoms with E-state index in [9.17, 15) is 13.5 Å². The zero-order valence-electron chi connectivity index (χ0n) is 16.8. The molecule has 1 fully saturated rings. The number of nitrogens with zero attached hydrogens (tertiary/aromatic N) is 3. The van der Waals surface area contributed by atoms with E-state index in [4.69, 9.17) is 0 Å². The minimum Gasteiger partial charge on any atom is -0.390 e. The first-order valence-corrected chi connectivity index (χ1v) is 11.0. The molecule has 2 atom stereocenters. The second kappa shape index (κ2) is 7.77. The highest BCUT2D eigenvalue weighted by Crippen LogP contribution is 2.23. The molecule has 28 heavy (non-hydrogen) atoms. The molecule has 152 valence electrons. The van der Waals surface area contributed by atoms with Crippen molar-refractivity contribution in [1.29, 1.82) is 0 Å². The Bertz CT molecular complexity index is 906. The molecule has 1 aromatic heterocycles. The van der Waals surface area contributed by atoms with Gasteiger partial charge in [0.15, 0.2) is 5.82 Å². The minimum absolute atomic E-state index is 0.0198. The van der Waals surface area contributed by atoms with Crippen LogP contribution >= 0.6 is 0 Å². The molecule has 8 heteroatoms. The van der Waals surface area contributed by atoms with Crippen LogP contribution < -0.4 is 9.62 Å². The molecule has 0 bridgehead atoms. The summed E-state index contributed by atoms with van der Waals surface area (Å²) in [5.41, 5.74) is 2.70. The lowest BCUT2D eigenvalue weighted by atomic mass is 9.87. The van der Waals surface area contributed by atoms with Gasteiger partial charge in [-0.25, -0.2) is 13.1 Å². The third-order valence-corrected chi connectivity index (χ3v) is 6.28. The fraction of sp³-hybridized carbons (Fsp3) is 0.500. The number of benzene rings is 1. The van der Waals surface area contributed by atoms with Crippen LogP contribution in [0.5, 0.6) is 0 Å². The lowest BCUT2D eigenvalue weighted by molar-refractivity contribution is 0.174. The molecule has 0 radical (unpaired) electrons. The van der Waals surface area contributed by atoms with Crippen molar-refractivity contribution < 1.29 is 13.5 Å². The van der Waals surface area contributed by atoms with E-state index in [1.165, 1.54) is 0 Å². The van der Waals surface area contributed by atoms with Crippen molar-refractivity contribution in [3.8, 4) is 0 Å². The van der Waals surface area contributed by atoms with Gasteiger partial charge in [-0.1, -0.05) is 45.0 Å². The van der Waals surface area contributed by atoms with Crippen molar-refractivity contribution >= 4 is 15.8 Å². The van der Waals surface area contributed by atoms with Crippen molar-refractivity contribution in [3.05, 3.63) is 53.2 Å². The van der Waals surface area contributed by atoms with Crippen molar-refractivity contribution in [2.45, 2.75) is 51.0 Å². The van der Waals surface area contributed by atoms with Crippen LogP contribution in [0.25, 0.3) is 0 Å². The molecule has 1 aromatic carbocycles. The molecule has 3 rings (SSSR count). The summed E-state index contributed by atoms with van der Waals surface area (Å²) >= 11 is 0. The standard InChI is InChI=1S/C20H28N4O3S/c1-14-5-10-19(22-21-14)24-11-17(18(25)12-24)23-28(26,27)13-15-6-8-16(9-7-15)20(2,3)4/h5-10,17-18,23,25H,11-13H2,1-4H3/t17-,18-/m1/s1. The Balaban J connectivity index is 1.64. The second-order valence-electron chi connectivity index (χ2n) is 8.44. The monoisotopic (exact) mass is 404 g/mol. The number of aliphatic hydroxyl groups is 1. The summed E-state index contributed by atoms with van der Waals surface area (Å²) in [6.45, 7) is 8.86. The number of rotatable bonds is 5. The highest BCUT2D eigenvalue weighted by Gasteiger charge is 2.35. The van der Waals surface area contributed by atoms with Crippen molar-refractivity contribution in [2.75, 3.05) is 18.0 Å². The van der Waals surface area contributed by atoms with Gasteiger partial charge in [0.1, 0.15) is 0 Å². The first-order chi connectivity index (χ1) is 13.0. The summed E-state index contributed by atoms with van der Waals surface area (Å²) < 4.78 is 27.8. The van der Waals surface area contributed by atoms with Crippen LogP contribution in [0, 0.1) is 6.92 Å². The van der Waals surface area contributed by atoms with Gasteiger partial charge in [0.05, 0.1) is 23.6 Å². The summed E-state index contributed by atoms with van der Waals surface area (Å²) in [7, 11) is -3.58. The van der Waals surface area contributed by atoms with Gasteiger partial charge in [-0.2, -0.15) is 5.10 Å². The summed E-state index contributed by atoms with van der Waals surface area (Å²) in [6.07, 6.45) is -0.804. The van der Waals surface area contributed by atoms with E-state index in [1.807, 2.05) is 48.2 Å². The lowest BCUT2D eigenvalue weighted by Crippen LogP contribution is -2.43. The maximum absolute atomic E-state index is 12.6. The zero-order chi connectivity index (χ0) is 20.5. The molecular formula is C20H28N4O3S. The third kappa shape index (κ3) is 5.06. The fourth-order valence-electron chi connectivity index (χ4n) is 3.24. The number of aliphatic hydroxyl groups excluding tert-OH is 1. The molecule has 1 aliphatic heterocycles. The maximum atomic E-state index is 12.6. The fourth-order valence-corrected chi connectivity index (χ4v) is 4.65. The van der Waals surface area contributed by atoms with Gasteiger partial charge < -0.3 is 10.0 Å². The van der Waals surface area contributed by atoms with Gasteiger partial charge in [0.2, 0.25) is 10.0 Å². The van der Waals surface area contributed by atoms with Gasteiger partial charge in [-0.05, 0) is 35.6 Å². The summed E-state index contributed by atoms with van der Waals surface area (Å²) in [5.74, 6) is 0.509. The number of aryl methyl sites for hydroxylation is 1. The number of hydrogen-bond acceptors (Lipinski definition) is 6. The number of anilines is 1. The molecule has 0 unspecified atom stereocenters. The van der Waals surface area contributed by atoms with E-state index in [-0.39, 0.29) is 11.2 Å². The second-order valence-corrected chi connectivity index (χ2v) is 10.2. The van der Waals surface area contributed by atoms with E-state index in [2.05, 4.69) is 35.7 Å². The van der Waals surface area contributed by atoms with Crippen molar-refractivity contribution in [1.82, 2.24) is 14.9 Å². The van der Waals surface area contributed by atoms with Gasteiger partial charge >= 0.3 is 0 Å². The Kier molecular flexibility index (Phi) is 5.74. The van der Waals surface area contributed by atoms with Gasteiger partial charge in [-0.3, -0.25) is 0 Å². The molecule has 2 N–H and O–H groups in total. The Labute approximate surface area is 166 Å². The average Bonchev–Trinajstić information content (AvgIpc) is 2.94. The Hall–Kier alpha value is -2.03. The Morgan fingerprint density at radius 2 is 1.79 bits per heavy atom. The van der Waals surface area contributed by atoms with Crippen LogP contribution in [0.15, 0.2) is 36.4 Å². The van der Waals surface area contributed by atoms with Gasteiger partial charge in [0.25, 0.3) is 0 Å². The molecule has 1 saturated heterocycles. The van der Waals surface area contributed by atoms with Crippen LogP contribution in [0.1, 0.15) is 37.6 Å². The topological polar surface area (TPSA) is 95.4 Å². The molecular weight excluding hydrogens is 376 g/mol. The Morgan fingerprint density at radius 3 is 2.36 bits per heavy atom. The zero-order valence-corrected chi connectivity index (χ0v) is 17.6. The largest absolute Gasteiger partial charge is 0.390 e. The highest BCUT2D eigenvalue weighted by molar-refractivity contribution is 7.88. The van der Waals surface area contributed by atoms with E-state index in [1.54, 1.807) is 0 Å². The average molecular weight is 405 g/mol. The van der Waals surface area contributed by atoms with Gasteiger partial charge in [0, 0.05) is 13.1 Å². The quantitative estimate of drug-likeness (QED) is 0.788. The number of hydrogen-bond donors (Lipinski definition) is 2. The number of aromatic nitrogens is 2. The lowest BCUT2D eigenvalue weighted by Gasteiger charge is -2.19.